The summed E-state index contributed by atoms with van der Waals surface area (Å²) in [6.45, 7) is 5.63. The molecule has 1 fully saturated rings. The van der Waals surface area contributed by atoms with Gasteiger partial charge in [0, 0.05) is 18.7 Å². The van der Waals surface area contributed by atoms with Gasteiger partial charge in [0.2, 0.25) is 0 Å². The lowest BCUT2D eigenvalue weighted by molar-refractivity contribution is 0.227. The molecule has 1 atom stereocenters. The summed E-state index contributed by atoms with van der Waals surface area (Å²) in [5.41, 5.74) is 7.76. The van der Waals surface area contributed by atoms with Crippen molar-refractivity contribution in [1.82, 2.24) is 4.90 Å². The van der Waals surface area contributed by atoms with Crippen molar-refractivity contribution in [3.8, 4) is 5.75 Å². The van der Waals surface area contributed by atoms with Crippen molar-refractivity contribution in [2.45, 2.75) is 25.8 Å². The van der Waals surface area contributed by atoms with Crippen LogP contribution in [-0.2, 0) is 0 Å². The number of rotatable bonds is 4. The van der Waals surface area contributed by atoms with Crippen molar-refractivity contribution in [2.24, 2.45) is 0 Å². The lowest BCUT2D eigenvalue weighted by Crippen LogP contribution is -2.41. The molecule has 0 amide bonds. The molecule has 1 aromatic rings. The van der Waals surface area contributed by atoms with Gasteiger partial charge >= 0.3 is 0 Å². The minimum atomic E-state index is 0.480. The lowest BCUT2D eigenvalue weighted by Gasteiger charge is -2.33. The summed E-state index contributed by atoms with van der Waals surface area (Å²) >= 11 is 0. The zero-order valence-corrected chi connectivity index (χ0v) is 11.3. The van der Waals surface area contributed by atoms with E-state index < -0.39 is 0 Å². The van der Waals surface area contributed by atoms with Crippen LogP contribution in [0.4, 0.5) is 11.4 Å². The second-order valence-electron chi connectivity index (χ2n) is 4.83. The fourth-order valence-electron chi connectivity index (χ4n) is 2.47. The number of nitrogen functional groups attached to an aromatic ring is 1. The highest BCUT2D eigenvalue weighted by Gasteiger charge is 2.19. The Bertz CT molecular complexity index is 395. The van der Waals surface area contributed by atoms with E-state index in [2.05, 4.69) is 17.1 Å². The van der Waals surface area contributed by atoms with Crippen LogP contribution in [0.15, 0.2) is 18.2 Å². The van der Waals surface area contributed by atoms with E-state index in [4.69, 9.17) is 10.5 Å². The summed E-state index contributed by atoms with van der Waals surface area (Å²) in [5.74, 6) is 0.842. The van der Waals surface area contributed by atoms with Crippen LogP contribution in [0.5, 0.6) is 5.75 Å². The van der Waals surface area contributed by atoms with E-state index >= 15 is 0 Å². The Hall–Kier alpha value is -1.42. The monoisotopic (exact) mass is 249 g/mol. The highest BCUT2D eigenvalue weighted by atomic mass is 16.5. The van der Waals surface area contributed by atoms with Crippen molar-refractivity contribution in [3.63, 3.8) is 0 Å². The van der Waals surface area contributed by atoms with Crippen molar-refractivity contribution in [3.05, 3.63) is 18.2 Å². The number of methoxy groups -OCH3 is 1. The first kappa shape index (κ1) is 13.0. The van der Waals surface area contributed by atoms with E-state index in [0.717, 1.165) is 30.2 Å². The Kier molecular flexibility index (Phi) is 4.31. The van der Waals surface area contributed by atoms with Crippen molar-refractivity contribution < 1.29 is 4.74 Å². The fraction of sp³-hybridized carbons (Fsp3) is 0.571. The molecule has 0 aliphatic carbocycles. The van der Waals surface area contributed by atoms with Crippen LogP contribution in [0.3, 0.4) is 0 Å². The number of nitrogens with one attached hydrogen (secondary N) is 1. The van der Waals surface area contributed by atoms with Crippen LogP contribution >= 0.6 is 0 Å². The van der Waals surface area contributed by atoms with Gasteiger partial charge in [0.25, 0.3) is 0 Å². The number of nitrogens with two attached hydrogens (primary N) is 1. The second kappa shape index (κ2) is 5.96. The molecule has 0 spiro atoms. The van der Waals surface area contributed by atoms with Crippen LogP contribution < -0.4 is 15.8 Å². The highest BCUT2D eigenvalue weighted by Crippen LogP contribution is 2.26. The number of nitrogens with zero attached hydrogens (tertiary/aromatic N) is 1. The molecule has 4 nitrogen and oxygen atoms in total. The Labute approximate surface area is 109 Å². The first-order chi connectivity index (χ1) is 8.72. The minimum Gasteiger partial charge on any atom is -0.497 e. The molecule has 1 aliphatic rings. The van der Waals surface area contributed by atoms with Gasteiger partial charge in [-0.2, -0.15) is 0 Å². The summed E-state index contributed by atoms with van der Waals surface area (Å²) in [7, 11) is 1.68. The van der Waals surface area contributed by atoms with Gasteiger partial charge in [-0.3, -0.25) is 0 Å². The zero-order valence-electron chi connectivity index (χ0n) is 11.3. The maximum atomic E-state index is 6.00. The summed E-state index contributed by atoms with van der Waals surface area (Å²) in [5, 5.41) is 3.54. The quantitative estimate of drug-likeness (QED) is 0.803. The predicted molar refractivity (Wildman–Crippen MR) is 76.2 cm³/mol. The highest BCUT2D eigenvalue weighted by molar-refractivity contribution is 5.68. The molecule has 4 heteroatoms. The van der Waals surface area contributed by atoms with E-state index in [1.54, 1.807) is 7.11 Å². The molecule has 100 valence electrons. The SMILES string of the molecule is CCN1CCCC(Nc2cc(OC)ccc2N)C1. The fourth-order valence-corrected chi connectivity index (χ4v) is 2.47. The maximum Gasteiger partial charge on any atom is 0.121 e. The van der Waals surface area contributed by atoms with Crippen LogP contribution in [0.25, 0.3) is 0 Å². The third-order valence-electron chi connectivity index (χ3n) is 3.57. The van der Waals surface area contributed by atoms with Crippen LogP contribution in [0, 0.1) is 0 Å². The van der Waals surface area contributed by atoms with Gasteiger partial charge in [-0.05, 0) is 38.1 Å². The van der Waals surface area contributed by atoms with Gasteiger partial charge in [-0.1, -0.05) is 6.92 Å². The summed E-state index contributed by atoms with van der Waals surface area (Å²) in [6, 6.07) is 6.23. The molecule has 2 rings (SSSR count). The Balaban J connectivity index is 2.04. The van der Waals surface area contributed by atoms with E-state index in [0.29, 0.717) is 6.04 Å². The lowest BCUT2D eigenvalue weighted by atomic mass is 10.1. The smallest absolute Gasteiger partial charge is 0.121 e. The molecule has 1 aliphatic heterocycles. The largest absolute Gasteiger partial charge is 0.497 e. The Morgan fingerprint density at radius 1 is 1.50 bits per heavy atom. The number of hydrogen-bond acceptors (Lipinski definition) is 4. The first-order valence-electron chi connectivity index (χ1n) is 6.65. The number of hydrogen-bond donors (Lipinski definition) is 2. The summed E-state index contributed by atoms with van der Waals surface area (Å²) in [4.78, 5) is 2.47. The molecule has 0 saturated carbocycles. The van der Waals surface area contributed by atoms with Gasteiger partial charge in [0.15, 0.2) is 0 Å². The van der Waals surface area contributed by atoms with Crippen molar-refractivity contribution in [2.75, 3.05) is 37.8 Å². The number of piperidine rings is 1. The normalized spacial score (nSPS) is 20.7. The molecular formula is C14H23N3O. The van der Waals surface area contributed by atoms with Gasteiger partial charge in [-0.15, -0.1) is 0 Å². The van der Waals surface area contributed by atoms with E-state index in [-0.39, 0.29) is 0 Å². The van der Waals surface area contributed by atoms with Crippen molar-refractivity contribution in [1.29, 1.82) is 0 Å². The second-order valence-corrected chi connectivity index (χ2v) is 4.83. The first-order valence-corrected chi connectivity index (χ1v) is 6.65. The maximum absolute atomic E-state index is 6.00. The standard InChI is InChI=1S/C14H23N3O/c1-3-17-8-4-5-11(10-17)16-14-9-12(18-2)6-7-13(14)15/h6-7,9,11,16H,3-5,8,10,15H2,1-2H3. The topological polar surface area (TPSA) is 50.5 Å². The number of anilines is 2. The predicted octanol–water partition coefficient (Wildman–Crippen LogP) is 2.17. The summed E-state index contributed by atoms with van der Waals surface area (Å²) < 4.78 is 5.24. The number of likely N-dealkylation sites (tertiary alicyclic amines) is 1. The Morgan fingerprint density at radius 2 is 2.33 bits per heavy atom. The number of likely N-dealkylation sites (N-methyl/N-ethyl adjacent to an activating group) is 1. The van der Waals surface area contributed by atoms with Crippen LogP contribution in [0.2, 0.25) is 0 Å². The van der Waals surface area contributed by atoms with Gasteiger partial charge in [-0.25, -0.2) is 0 Å². The van der Waals surface area contributed by atoms with Gasteiger partial charge in [0.05, 0.1) is 18.5 Å². The number of benzene rings is 1. The molecule has 0 aromatic heterocycles. The zero-order chi connectivity index (χ0) is 13.0. The molecular weight excluding hydrogens is 226 g/mol. The van der Waals surface area contributed by atoms with Crippen LogP contribution in [-0.4, -0.2) is 37.7 Å². The number of ether oxygens (including phenoxy) is 1. The molecule has 1 unspecified atom stereocenters. The molecule has 0 bridgehead atoms. The van der Waals surface area contributed by atoms with E-state index in [1.807, 2.05) is 18.2 Å². The molecule has 3 N–H and O–H groups in total. The van der Waals surface area contributed by atoms with Crippen LogP contribution in [0.1, 0.15) is 19.8 Å². The third-order valence-corrected chi connectivity index (χ3v) is 3.57. The molecule has 1 aromatic carbocycles. The van der Waals surface area contributed by atoms with Crippen molar-refractivity contribution >= 4 is 11.4 Å². The molecule has 1 heterocycles. The van der Waals surface area contributed by atoms with E-state index in [1.165, 1.54) is 19.4 Å². The Morgan fingerprint density at radius 3 is 3.06 bits per heavy atom. The minimum absolute atomic E-state index is 0.480. The average molecular weight is 249 g/mol. The molecule has 18 heavy (non-hydrogen) atoms. The summed E-state index contributed by atoms with van der Waals surface area (Å²) in [6.07, 6.45) is 2.45. The third kappa shape index (κ3) is 3.07. The van der Waals surface area contributed by atoms with E-state index in [9.17, 15) is 0 Å². The molecule has 1 saturated heterocycles. The van der Waals surface area contributed by atoms with Gasteiger partial charge < -0.3 is 20.7 Å². The molecule has 0 radical (unpaired) electrons. The van der Waals surface area contributed by atoms with Gasteiger partial charge in [0.1, 0.15) is 5.75 Å². The average Bonchev–Trinajstić information content (AvgIpc) is 2.41.